The fourth-order valence-corrected chi connectivity index (χ4v) is 3.62. The number of halogens is 1. The lowest BCUT2D eigenvalue weighted by atomic mass is 10.1. The summed E-state index contributed by atoms with van der Waals surface area (Å²) in [5, 5.41) is 1.75. The van der Waals surface area contributed by atoms with E-state index in [0.29, 0.717) is 0 Å². The monoisotopic (exact) mass is 387 g/mol. The molecule has 3 aromatic rings. The van der Waals surface area contributed by atoms with Gasteiger partial charge in [0.05, 0.1) is 11.3 Å². The molecule has 3 rings (SSSR count). The van der Waals surface area contributed by atoms with Gasteiger partial charge in [-0.1, -0.05) is 48.5 Å². The molecule has 0 bridgehead atoms. The fraction of sp³-hybridized carbons (Fsp3) is 0.150. The first-order valence-electron chi connectivity index (χ1n) is 8.33. The molecule has 27 heavy (non-hydrogen) atoms. The van der Waals surface area contributed by atoms with Crippen LogP contribution in [0.5, 0.6) is 0 Å². The smallest absolute Gasteiger partial charge is 0.307 e. The number of hydrogen-bond acceptors (Lipinski definition) is 4. The van der Waals surface area contributed by atoms with Gasteiger partial charge in [-0.2, -0.15) is 0 Å². The summed E-state index contributed by atoms with van der Waals surface area (Å²) in [6, 6.07) is 18.2. The van der Waals surface area contributed by atoms with Crippen molar-refractivity contribution >= 4 is 26.8 Å². The topological polar surface area (TPSA) is 72.5 Å². The lowest BCUT2D eigenvalue weighted by molar-refractivity contribution is -0.144. The number of hydrogen-bond donors (Lipinski definition) is 1. The van der Waals surface area contributed by atoms with Crippen LogP contribution < -0.4 is 4.72 Å². The molecule has 5 nitrogen and oxygen atoms in total. The molecule has 1 N–H and O–H groups in total. The Labute approximate surface area is 156 Å². The van der Waals surface area contributed by atoms with Crippen LogP contribution in [-0.2, 0) is 26.2 Å². The summed E-state index contributed by atoms with van der Waals surface area (Å²) in [5.41, 5.74) is 0.266. The van der Waals surface area contributed by atoms with E-state index in [1.807, 2.05) is 24.3 Å². The second-order valence-electron chi connectivity index (χ2n) is 5.91. The van der Waals surface area contributed by atoms with Crippen LogP contribution in [0.2, 0.25) is 0 Å². The highest BCUT2D eigenvalue weighted by molar-refractivity contribution is 7.89. The molecule has 0 heterocycles. The normalized spacial score (nSPS) is 11.4. The summed E-state index contributed by atoms with van der Waals surface area (Å²) in [5.74, 6) is -1.07. The zero-order valence-electron chi connectivity index (χ0n) is 14.4. The Morgan fingerprint density at radius 3 is 2.44 bits per heavy atom. The molecule has 3 aromatic carbocycles. The van der Waals surface area contributed by atoms with Crippen molar-refractivity contribution < 1.29 is 22.3 Å². The highest BCUT2D eigenvalue weighted by Crippen LogP contribution is 2.18. The van der Waals surface area contributed by atoms with Gasteiger partial charge in [0, 0.05) is 12.1 Å². The predicted molar refractivity (Wildman–Crippen MR) is 99.9 cm³/mol. The van der Waals surface area contributed by atoms with Crippen LogP contribution in [0.4, 0.5) is 4.39 Å². The van der Waals surface area contributed by atoms with Crippen molar-refractivity contribution in [2.24, 2.45) is 0 Å². The van der Waals surface area contributed by atoms with Crippen molar-refractivity contribution in [1.82, 2.24) is 4.72 Å². The number of ether oxygens (including phenoxy) is 1. The summed E-state index contributed by atoms with van der Waals surface area (Å²) < 4.78 is 45.6. The molecular weight excluding hydrogens is 369 g/mol. The molecule has 140 valence electrons. The van der Waals surface area contributed by atoms with E-state index in [-0.39, 0.29) is 30.0 Å². The maximum absolute atomic E-state index is 13.5. The summed E-state index contributed by atoms with van der Waals surface area (Å²) >= 11 is 0. The van der Waals surface area contributed by atoms with E-state index in [1.54, 1.807) is 24.3 Å². The maximum Gasteiger partial charge on any atom is 0.307 e. The summed E-state index contributed by atoms with van der Waals surface area (Å²) in [7, 11) is -3.74. The first-order valence-corrected chi connectivity index (χ1v) is 9.81. The molecule has 0 saturated heterocycles. The van der Waals surface area contributed by atoms with Crippen LogP contribution in [0.15, 0.2) is 71.6 Å². The van der Waals surface area contributed by atoms with Gasteiger partial charge in [0.1, 0.15) is 12.4 Å². The number of sulfonamides is 1. The molecule has 0 saturated carbocycles. The van der Waals surface area contributed by atoms with Gasteiger partial charge in [-0.3, -0.25) is 4.79 Å². The number of fused-ring (bicyclic) bond motifs is 1. The SMILES string of the molecule is O=C(CCNS(=O)(=O)c1ccc2ccccc2c1)OCc1ccccc1F. The molecular formula is C20H18FNO4S. The van der Waals surface area contributed by atoms with Gasteiger partial charge in [0.25, 0.3) is 0 Å². The minimum absolute atomic E-state index is 0.106. The van der Waals surface area contributed by atoms with Gasteiger partial charge in [0.2, 0.25) is 10.0 Å². The Morgan fingerprint density at radius 1 is 0.963 bits per heavy atom. The molecule has 7 heteroatoms. The van der Waals surface area contributed by atoms with Crippen molar-refractivity contribution in [3.8, 4) is 0 Å². The first kappa shape index (κ1) is 19.0. The number of benzene rings is 3. The third-order valence-corrected chi connectivity index (χ3v) is 5.46. The van der Waals surface area contributed by atoms with Gasteiger partial charge < -0.3 is 4.74 Å². The predicted octanol–water partition coefficient (Wildman–Crippen LogP) is 3.39. The Bertz CT molecular complexity index is 1070. The Balaban J connectivity index is 1.53. The van der Waals surface area contributed by atoms with Crippen LogP contribution in [0.1, 0.15) is 12.0 Å². The number of esters is 1. The van der Waals surface area contributed by atoms with E-state index in [1.165, 1.54) is 18.2 Å². The third kappa shape index (κ3) is 4.90. The molecule has 0 fully saturated rings. The average molecular weight is 387 g/mol. The highest BCUT2D eigenvalue weighted by Gasteiger charge is 2.15. The van der Waals surface area contributed by atoms with E-state index in [4.69, 9.17) is 4.74 Å². The van der Waals surface area contributed by atoms with Crippen LogP contribution in [0.25, 0.3) is 10.8 Å². The highest BCUT2D eigenvalue weighted by atomic mass is 32.2. The number of carbonyl (C=O) groups is 1. The molecule has 0 spiro atoms. The molecule has 0 unspecified atom stereocenters. The first-order chi connectivity index (χ1) is 13.0. The Morgan fingerprint density at radius 2 is 1.67 bits per heavy atom. The third-order valence-electron chi connectivity index (χ3n) is 4.00. The molecule has 0 aliphatic carbocycles. The molecule has 0 aliphatic heterocycles. The number of carbonyl (C=O) groups excluding carboxylic acids is 1. The van der Waals surface area contributed by atoms with Crippen molar-refractivity contribution in [3.63, 3.8) is 0 Å². The number of nitrogens with one attached hydrogen (secondary N) is 1. The quantitative estimate of drug-likeness (QED) is 0.631. The second kappa shape index (κ2) is 8.28. The van der Waals surface area contributed by atoms with E-state index < -0.39 is 21.8 Å². The van der Waals surface area contributed by atoms with E-state index in [9.17, 15) is 17.6 Å². The van der Waals surface area contributed by atoms with Crippen molar-refractivity contribution in [2.45, 2.75) is 17.9 Å². The van der Waals surface area contributed by atoms with Gasteiger partial charge >= 0.3 is 5.97 Å². The van der Waals surface area contributed by atoms with Crippen molar-refractivity contribution in [3.05, 3.63) is 78.1 Å². The van der Waals surface area contributed by atoms with Crippen LogP contribution in [0, 0.1) is 5.82 Å². The van der Waals surface area contributed by atoms with Gasteiger partial charge in [-0.25, -0.2) is 17.5 Å². The standard InChI is InChI=1S/C20H18FNO4S/c21-19-8-4-3-7-17(19)14-26-20(23)11-12-22-27(24,25)18-10-9-15-5-1-2-6-16(15)13-18/h1-10,13,22H,11-12,14H2. The fourth-order valence-electron chi connectivity index (χ4n) is 2.55. The van der Waals surface area contributed by atoms with E-state index >= 15 is 0 Å². The largest absolute Gasteiger partial charge is 0.461 e. The van der Waals surface area contributed by atoms with E-state index in [0.717, 1.165) is 10.8 Å². The second-order valence-corrected chi connectivity index (χ2v) is 7.68. The number of rotatable bonds is 7. The molecule has 0 aliphatic rings. The van der Waals surface area contributed by atoms with Crippen LogP contribution in [0.3, 0.4) is 0 Å². The molecule has 0 aromatic heterocycles. The zero-order chi connectivity index (χ0) is 19.3. The van der Waals surface area contributed by atoms with Gasteiger partial charge in [-0.05, 0) is 29.0 Å². The minimum Gasteiger partial charge on any atom is -0.461 e. The Hall–Kier alpha value is -2.77. The van der Waals surface area contributed by atoms with Crippen LogP contribution >= 0.6 is 0 Å². The molecule has 0 radical (unpaired) electrons. The van der Waals surface area contributed by atoms with Gasteiger partial charge in [0.15, 0.2) is 0 Å². The Kier molecular flexibility index (Phi) is 5.83. The summed E-state index contributed by atoms with van der Waals surface area (Å²) in [6.45, 7) is -0.297. The van der Waals surface area contributed by atoms with Crippen LogP contribution in [-0.4, -0.2) is 20.9 Å². The zero-order valence-corrected chi connectivity index (χ0v) is 15.2. The summed E-state index contributed by atoms with van der Waals surface area (Å²) in [6.07, 6.45) is -0.152. The van der Waals surface area contributed by atoms with Crippen molar-refractivity contribution in [2.75, 3.05) is 6.54 Å². The summed E-state index contributed by atoms with van der Waals surface area (Å²) in [4.78, 5) is 11.9. The lowest BCUT2D eigenvalue weighted by Gasteiger charge is -2.08. The molecule has 0 atom stereocenters. The van der Waals surface area contributed by atoms with E-state index in [2.05, 4.69) is 4.72 Å². The van der Waals surface area contributed by atoms with Crippen molar-refractivity contribution in [1.29, 1.82) is 0 Å². The van der Waals surface area contributed by atoms with Gasteiger partial charge in [-0.15, -0.1) is 0 Å². The minimum atomic E-state index is -3.74. The average Bonchev–Trinajstić information content (AvgIpc) is 2.67. The maximum atomic E-state index is 13.5. The lowest BCUT2D eigenvalue weighted by Crippen LogP contribution is -2.26. The molecule has 0 amide bonds.